The first-order chi connectivity index (χ1) is 8.43. The Morgan fingerprint density at radius 1 is 1.24 bits per heavy atom. The Hall–Kier alpha value is -1.61. The van der Waals surface area contributed by atoms with Crippen LogP contribution in [0.1, 0.15) is 6.42 Å². The van der Waals surface area contributed by atoms with E-state index < -0.39 is 0 Å². The zero-order valence-electron chi connectivity index (χ0n) is 9.84. The molecular formula is C14H17N3. The third kappa shape index (κ3) is 2.24. The van der Waals surface area contributed by atoms with Gasteiger partial charge in [0.15, 0.2) is 0 Å². The van der Waals surface area contributed by atoms with Gasteiger partial charge in [-0.1, -0.05) is 30.3 Å². The number of imidazole rings is 1. The van der Waals surface area contributed by atoms with Crippen LogP contribution in [0.4, 0.5) is 0 Å². The molecule has 1 saturated heterocycles. The molecule has 88 valence electrons. The van der Waals surface area contributed by atoms with Crippen molar-refractivity contribution in [3.63, 3.8) is 0 Å². The fourth-order valence-corrected chi connectivity index (χ4v) is 2.21. The molecule has 2 heterocycles. The van der Waals surface area contributed by atoms with Crippen molar-refractivity contribution in [3.8, 4) is 11.4 Å². The summed E-state index contributed by atoms with van der Waals surface area (Å²) in [5, 5.41) is 3.31. The van der Waals surface area contributed by atoms with E-state index in [0.717, 1.165) is 18.3 Å². The van der Waals surface area contributed by atoms with Gasteiger partial charge in [0.2, 0.25) is 0 Å². The van der Waals surface area contributed by atoms with Gasteiger partial charge in [-0.15, -0.1) is 0 Å². The Kier molecular flexibility index (Phi) is 2.92. The Morgan fingerprint density at radius 2 is 2.06 bits per heavy atom. The van der Waals surface area contributed by atoms with Crippen LogP contribution >= 0.6 is 0 Å². The molecule has 1 aliphatic rings. The molecule has 1 fully saturated rings. The minimum Gasteiger partial charge on any atom is -0.331 e. The molecule has 3 rings (SSSR count). The van der Waals surface area contributed by atoms with Crippen LogP contribution in [-0.4, -0.2) is 22.6 Å². The van der Waals surface area contributed by atoms with Crippen LogP contribution in [0, 0.1) is 5.92 Å². The summed E-state index contributed by atoms with van der Waals surface area (Å²) in [5.74, 6) is 1.93. The highest BCUT2D eigenvalue weighted by atomic mass is 15.1. The van der Waals surface area contributed by atoms with Crippen molar-refractivity contribution < 1.29 is 0 Å². The Labute approximate surface area is 101 Å². The Morgan fingerprint density at radius 3 is 2.76 bits per heavy atom. The summed E-state index contributed by atoms with van der Waals surface area (Å²) in [6.45, 7) is 3.42. The van der Waals surface area contributed by atoms with Crippen LogP contribution in [-0.2, 0) is 6.54 Å². The van der Waals surface area contributed by atoms with Crippen molar-refractivity contribution in [2.45, 2.75) is 13.0 Å². The largest absolute Gasteiger partial charge is 0.331 e. The molecular weight excluding hydrogens is 210 g/mol. The maximum Gasteiger partial charge on any atom is 0.139 e. The van der Waals surface area contributed by atoms with E-state index in [4.69, 9.17) is 0 Å². The third-order valence-electron chi connectivity index (χ3n) is 3.39. The van der Waals surface area contributed by atoms with Crippen LogP contribution in [0.15, 0.2) is 42.7 Å². The topological polar surface area (TPSA) is 29.9 Å². The lowest BCUT2D eigenvalue weighted by molar-refractivity contribution is 0.312. The molecule has 0 spiro atoms. The summed E-state index contributed by atoms with van der Waals surface area (Å²) in [4.78, 5) is 4.46. The second-order valence-corrected chi connectivity index (χ2v) is 4.62. The second-order valence-electron chi connectivity index (χ2n) is 4.62. The summed E-state index contributed by atoms with van der Waals surface area (Å²) >= 11 is 0. The van der Waals surface area contributed by atoms with Crippen molar-refractivity contribution in [2.75, 3.05) is 13.1 Å². The summed E-state index contributed by atoms with van der Waals surface area (Å²) < 4.78 is 2.26. The predicted octanol–water partition coefficient (Wildman–Crippen LogP) is 2.16. The van der Waals surface area contributed by atoms with Gasteiger partial charge < -0.3 is 9.88 Å². The minimum absolute atomic E-state index is 0.848. The van der Waals surface area contributed by atoms with Gasteiger partial charge in [0.25, 0.3) is 0 Å². The highest BCUT2D eigenvalue weighted by molar-refractivity contribution is 5.55. The summed E-state index contributed by atoms with van der Waals surface area (Å²) in [5.41, 5.74) is 1.20. The van der Waals surface area contributed by atoms with Gasteiger partial charge in [-0.05, 0) is 25.4 Å². The summed E-state index contributed by atoms with van der Waals surface area (Å²) in [6, 6.07) is 10.4. The van der Waals surface area contributed by atoms with Crippen LogP contribution in [0.5, 0.6) is 0 Å². The first kappa shape index (κ1) is 10.5. The van der Waals surface area contributed by atoms with Gasteiger partial charge in [-0.3, -0.25) is 0 Å². The van der Waals surface area contributed by atoms with Crippen molar-refractivity contribution >= 4 is 0 Å². The SMILES string of the molecule is c1ccc(-c2nccn2CCC2CNC2)cc1. The zero-order chi connectivity index (χ0) is 11.5. The standard InChI is InChI=1S/C14H17N3/c1-2-4-13(5-3-1)14-16-7-9-17(14)8-6-12-10-15-11-12/h1-5,7,9,12,15H,6,8,10-11H2. The molecule has 1 N–H and O–H groups in total. The summed E-state index contributed by atoms with van der Waals surface area (Å²) in [6.07, 6.45) is 5.21. The first-order valence-corrected chi connectivity index (χ1v) is 6.21. The predicted molar refractivity (Wildman–Crippen MR) is 68.6 cm³/mol. The normalized spacial score (nSPS) is 15.8. The molecule has 0 atom stereocenters. The highest BCUT2D eigenvalue weighted by Crippen LogP contribution is 2.18. The lowest BCUT2D eigenvalue weighted by atomic mass is 9.99. The maximum absolute atomic E-state index is 4.46. The third-order valence-corrected chi connectivity index (χ3v) is 3.39. The van der Waals surface area contributed by atoms with Crippen molar-refractivity contribution in [2.24, 2.45) is 5.92 Å². The Bertz CT molecular complexity index is 471. The van der Waals surface area contributed by atoms with Crippen molar-refractivity contribution in [1.82, 2.24) is 14.9 Å². The molecule has 0 unspecified atom stereocenters. The van der Waals surface area contributed by atoms with Gasteiger partial charge in [0.05, 0.1) is 0 Å². The van der Waals surface area contributed by atoms with Crippen molar-refractivity contribution in [1.29, 1.82) is 0 Å². The molecule has 1 aliphatic heterocycles. The number of nitrogens with one attached hydrogen (secondary N) is 1. The molecule has 0 aliphatic carbocycles. The van der Waals surface area contributed by atoms with E-state index in [1.165, 1.54) is 25.1 Å². The average molecular weight is 227 g/mol. The molecule has 1 aromatic heterocycles. The number of aromatic nitrogens is 2. The van der Waals surface area contributed by atoms with E-state index in [9.17, 15) is 0 Å². The fraction of sp³-hybridized carbons (Fsp3) is 0.357. The molecule has 1 aromatic carbocycles. The minimum atomic E-state index is 0.848. The molecule has 2 aromatic rings. The number of nitrogens with zero attached hydrogens (tertiary/aromatic N) is 2. The summed E-state index contributed by atoms with van der Waals surface area (Å²) in [7, 11) is 0. The van der Waals surface area contributed by atoms with Crippen molar-refractivity contribution in [3.05, 3.63) is 42.7 Å². The molecule has 0 saturated carbocycles. The van der Waals surface area contributed by atoms with E-state index >= 15 is 0 Å². The van der Waals surface area contributed by atoms with Crippen LogP contribution in [0.3, 0.4) is 0 Å². The van der Waals surface area contributed by atoms with Gasteiger partial charge in [-0.2, -0.15) is 0 Å². The monoisotopic (exact) mass is 227 g/mol. The highest BCUT2D eigenvalue weighted by Gasteiger charge is 2.16. The zero-order valence-corrected chi connectivity index (χ0v) is 9.84. The first-order valence-electron chi connectivity index (χ1n) is 6.21. The second kappa shape index (κ2) is 4.72. The van der Waals surface area contributed by atoms with Crippen LogP contribution in [0.25, 0.3) is 11.4 Å². The number of hydrogen-bond acceptors (Lipinski definition) is 2. The smallest absolute Gasteiger partial charge is 0.139 e. The Balaban J connectivity index is 1.74. The van der Waals surface area contributed by atoms with E-state index in [-0.39, 0.29) is 0 Å². The van der Waals surface area contributed by atoms with Gasteiger partial charge in [0, 0.05) is 24.5 Å². The molecule has 3 heteroatoms. The van der Waals surface area contributed by atoms with Gasteiger partial charge in [-0.25, -0.2) is 4.98 Å². The maximum atomic E-state index is 4.46. The van der Waals surface area contributed by atoms with Gasteiger partial charge >= 0.3 is 0 Å². The quantitative estimate of drug-likeness (QED) is 0.867. The molecule has 0 amide bonds. The molecule has 0 bridgehead atoms. The van der Waals surface area contributed by atoms with E-state index in [1.807, 2.05) is 12.3 Å². The van der Waals surface area contributed by atoms with E-state index in [2.05, 4.69) is 45.3 Å². The molecule has 3 nitrogen and oxygen atoms in total. The molecule has 0 radical (unpaired) electrons. The fourth-order valence-electron chi connectivity index (χ4n) is 2.21. The average Bonchev–Trinajstić information content (AvgIpc) is 2.76. The molecule has 17 heavy (non-hydrogen) atoms. The van der Waals surface area contributed by atoms with E-state index in [0.29, 0.717) is 0 Å². The number of hydrogen-bond donors (Lipinski definition) is 1. The van der Waals surface area contributed by atoms with Gasteiger partial charge in [0.1, 0.15) is 5.82 Å². The van der Waals surface area contributed by atoms with Crippen LogP contribution < -0.4 is 5.32 Å². The lowest BCUT2D eigenvalue weighted by Crippen LogP contribution is -2.42. The lowest BCUT2D eigenvalue weighted by Gasteiger charge is -2.27. The number of rotatable bonds is 4. The van der Waals surface area contributed by atoms with E-state index in [1.54, 1.807) is 0 Å². The number of aryl methyl sites for hydroxylation is 1. The van der Waals surface area contributed by atoms with Crippen LogP contribution in [0.2, 0.25) is 0 Å². The number of benzene rings is 1.